The van der Waals surface area contributed by atoms with Crippen LogP contribution in [0.5, 0.6) is 0 Å². The number of nitrogens with zero attached hydrogens (tertiary/aromatic N) is 2. The lowest BCUT2D eigenvalue weighted by Gasteiger charge is -2.20. The molecule has 7 heteroatoms. The van der Waals surface area contributed by atoms with Gasteiger partial charge in [0.25, 0.3) is 5.91 Å². The molecule has 150 valence electrons. The molecule has 0 atom stereocenters. The van der Waals surface area contributed by atoms with Gasteiger partial charge in [0.15, 0.2) is 0 Å². The number of methoxy groups -OCH3 is 1. The van der Waals surface area contributed by atoms with E-state index >= 15 is 0 Å². The van der Waals surface area contributed by atoms with Crippen molar-refractivity contribution in [1.29, 1.82) is 0 Å². The molecule has 0 bridgehead atoms. The predicted molar refractivity (Wildman–Crippen MR) is 117 cm³/mol. The third-order valence-corrected chi connectivity index (χ3v) is 7.41. The molecule has 0 aliphatic carbocycles. The minimum absolute atomic E-state index is 0.0372. The molecule has 3 heterocycles. The predicted octanol–water partition coefficient (Wildman–Crippen LogP) is 4.39. The van der Waals surface area contributed by atoms with Crippen LogP contribution in [-0.2, 0) is 23.5 Å². The smallest absolute Gasteiger partial charge is 0.337 e. The van der Waals surface area contributed by atoms with E-state index < -0.39 is 0 Å². The number of fused-ring (bicyclic) bond motifs is 1. The van der Waals surface area contributed by atoms with Gasteiger partial charge in [0.1, 0.15) is 5.00 Å². The van der Waals surface area contributed by atoms with Gasteiger partial charge in [-0.05, 0) is 47.6 Å². The average molecular weight is 427 g/mol. The first-order chi connectivity index (χ1) is 14.1. The first-order valence-corrected chi connectivity index (χ1v) is 11.3. The van der Waals surface area contributed by atoms with Crippen molar-refractivity contribution in [3.8, 4) is 5.00 Å². The van der Waals surface area contributed by atoms with Gasteiger partial charge in [-0.25, -0.2) is 4.79 Å². The minimum Gasteiger partial charge on any atom is -0.465 e. The Hall–Kier alpha value is -2.51. The molecule has 0 saturated heterocycles. The van der Waals surface area contributed by atoms with Gasteiger partial charge in [0.2, 0.25) is 0 Å². The Balaban J connectivity index is 1.60. The Labute approximate surface area is 178 Å². The SMILES string of the molecule is COC(=O)c1ccc(CN(C)C(=O)c2c(-n3cccc3)sc3c2CCSC3)cc1. The fraction of sp³-hybridized carbons (Fsp3) is 0.273. The van der Waals surface area contributed by atoms with Crippen LogP contribution in [-0.4, -0.2) is 41.3 Å². The second-order valence-electron chi connectivity index (χ2n) is 6.93. The zero-order chi connectivity index (χ0) is 20.4. The highest BCUT2D eigenvalue weighted by atomic mass is 32.2. The van der Waals surface area contributed by atoms with E-state index in [1.54, 1.807) is 28.4 Å². The Morgan fingerprint density at radius 2 is 1.90 bits per heavy atom. The Morgan fingerprint density at radius 3 is 2.59 bits per heavy atom. The van der Waals surface area contributed by atoms with E-state index in [-0.39, 0.29) is 11.9 Å². The molecule has 2 aromatic heterocycles. The molecule has 0 radical (unpaired) electrons. The van der Waals surface area contributed by atoms with Crippen molar-refractivity contribution < 1.29 is 14.3 Å². The summed E-state index contributed by atoms with van der Waals surface area (Å²) >= 11 is 3.65. The van der Waals surface area contributed by atoms with Gasteiger partial charge in [0, 0.05) is 36.6 Å². The average Bonchev–Trinajstić information content (AvgIpc) is 3.40. The standard InChI is InChI=1S/C22H22N2O3S2/c1-23(13-15-5-7-16(8-6-15)22(26)27-2)20(25)19-17-9-12-28-14-18(17)29-21(19)24-10-3-4-11-24/h3-8,10-11H,9,12-14H2,1-2H3. The van der Waals surface area contributed by atoms with Crippen molar-refractivity contribution in [3.63, 3.8) is 0 Å². The highest BCUT2D eigenvalue weighted by molar-refractivity contribution is 7.98. The van der Waals surface area contributed by atoms with Crippen molar-refractivity contribution in [1.82, 2.24) is 9.47 Å². The summed E-state index contributed by atoms with van der Waals surface area (Å²) in [6.07, 6.45) is 4.92. The van der Waals surface area contributed by atoms with Crippen LogP contribution in [0, 0.1) is 0 Å². The van der Waals surface area contributed by atoms with Crippen LogP contribution < -0.4 is 0 Å². The van der Waals surface area contributed by atoms with Crippen LogP contribution in [0.2, 0.25) is 0 Å². The third kappa shape index (κ3) is 3.97. The monoisotopic (exact) mass is 426 g/mol. The van der Waals surface area contributed by atoms with Crippen LogP contribution in [0.4, 0.5) is 0 Å². The van der Waals surface area contributed by atoms with Crippen molar-refractivity contribution in [3.05, 3.63) is 75.9 Å². The summed E-state index contributed by atoms with van der Waals surface area (Å²) in [6, 6.07) is 11.1. The summed E-state index contributed by atoms with van der Waals surface area (Å²) in [7, 11) is 3.20. The van der Waals surface area contributed by atoms with Crippen molar-refractivity contribution in [2.75, 3.05) is 19.9 Å². The number of aromatic nitrogens is 1. The van der Waals surface area contributed by atoms with E-state index in [2.05, 4.69) is 0 Å². The molecule has 1 aliphatic heterocycles. The first-order valence-electron chi connectivity index (χ1n) is 9.37. The number of carbonyl (C=O) groups is 2. The van der Waals surface area contributed by atoms with Gasteiger partial charge in [-0.3, -0.25) is 4.79 Å². The number of ether oxygens (including phenoxy) is 1. The molecule has 4 rings (SSSR count). The summed E-state index contributed by atoms with van der Waals surface area (Å²) in [4.78, 5) is 28.1. The summed E-state index contributed by atoms with van der Waals surface area (Å²) in [5.74, 6) is 1.70. The Kier molecular flexibility index (Phi) is 5.78. The number of esters is 1. The Morgan fingerprint density at radius 1 is 1.17 bits per heavy atom. The lowest BCUT2D eigenvalue weighted by Crippen LogP contribution is -2.28. The lowest BCUT2D eigenvalue weighted by molar-refractivity contribution is 0.0600. The van der Waals surface area contributed by atoms with E-state index in [0.29, 0.717) is 12.1 Å². The third-order valence-electron chi connectivity index (χ3n) is 5.00. The number of thiophene rings is 1. The van der Waals surface area contributed by atoms with Crippen LogP contribution in [0.25, 0.3) is 5.00 Å². The molecule has 5 nitrogen and oxygen atoms in total. The number of rotatable bonds is 5. The van der Waals surface area contributed by atoms with E-state index in [1.165, 1.54) is 17.6 Å². The lowest BCUT2D eigenvalue weighted by atomic mass is 10.1. The molecule has 1 aromatic carbocycles. The fourth-order valence-electron chi connectivity index (χ4n) is 3.49. The fourth-order valence-corrected chi connectivity index (χ4v) is 5.93. The molecule has 1 aliphatic rings. The molecular weight excluding hydrogens is 404 g/mol. The van der Waals surface area contributed by atoms with Gasteiger partial charge in [-0.15, -0.1) is 11.3 Å². The van der Waals surface area contributed by atoms with Crippen molar-refractivity contribution in [2.24, 2.45) is 0 Å². The zero-order valence-electron chi connectivity index (χ0n) is 16.4. The highest BCUT2D eigenvalue weighted by Gasteiger charge is 2.28. The number of hydrogen-bond donors (Lipinski definition) is 0. The topological polar surface area (TPSA) is 51.5 Å². The summed E-state index contributed by atoms with van der Waals surface area (Å²) in [6.45, 7) is 0.477. The van der Waals surface area contributed by atoms with Gasteiger partial charge in [-0.1, -0.05) is 12.1 Å². The molecule has 0 unspecified atom stereocenters. The quantitative estimate of drug-likeness (QED) is 0.568. The summed E-state index contributed by atoms with van der Waals surface area (Å²) < 4.78 is 6.78. The van der Waals surface area contributed by atoms with E-state index in [9.17, 15) is 9.59 Å². The van der Waals surface area contributed by atoms with Gasteiger partial charge >= 0.3 is 5.97 Å². The van der Waals surface area contributed by atoms with Gasteiger partial charge < -0.3 is 14.2 Å². The molecule has 1 amide bonds. The first kappa shape index (κ1) is 19.8. The number of thioether (sulfide) groups is 1. The molecule has 3 aromatic rings. The maximum absolute atomic E-state index is 13.5. The molecule has 0 fully saturated rings. The van der Waals surface area contributed by atoms with Crippen molar-refractivity contribution >= 4 is 35.0 Å². The van der Waals surface area contributed by atoms with Crippen LogP contribution in [0.15, 0.2) is 48.8 Å². The highest BCUT2D eigenvalue weighted by Crippen LogP contribution is 2.39. The number of amides is 1. The molecule has 0 spiro atoms. The van der Waals surface area contributed by atoms with Crippen LogP contribution in [0.3, 0.4) is 0 Å². The summed E-state index contributed by atoms with van der Waals surface area (Å²) in [5, 5.41) is 1.00. The maximum Gasteiger partial charge on any atom is 0.337 e. The Bertz CT molecular complexity index is 1020. The van der Waals surface area contributed by atoms with E-state index in [1.807, 2.05) is 60.0 Å². The second-order valence-corrected chi connectivity index (χ2v) is 9.12. The molecule has 0 N–H and O–H groups in total. The second kappa shape index (κ2) is 8.47. The van der Waals surface area contributed by atoms with E-state index in [4.69, 9.17) is 4.74 Å². The number of benzene rings is 1. The minimum atomic E-state index is -0.361. The normalized spacial score (nSPS) is 13.0. The number of hydrogen-bond acceptors (Lipinski definition) is 5. The molecule has 0 saturated carbocycles. The summed E-state index contributed by atoms with van der Waals surface area (Å²) in [5.41, 5.74) is 3.51. The molecular formula is C22H22N2O3S2. The zero-order valence-corrected chi connectivity index (χ0v) is 18.0. The van der Waals surface area contributed by atoms with Crippen LogP contribution in [0.1, 0.15) is 36.7 Å². The largest absolute Gasteiger partial charge is 0.465 e. The van der Waals surface area contributed by atoms with Crippen molar-refractivity contribution in [2.45, 2.75) is 18.7 Å². The molecule has 29 heavy (non-hydrogen) atoms. The van der Waals surface area contributed by atoms with Gasteiger partial charge in [0.05, 0.1) is 18.2 Å². The van der Waals surface area contributed by atoms with Gasteiger partial charge in [-0.2, -0.15) is 11.8 Å². The number of carbonyl (C=O) groups excluding carboxylic acids is 2. The maximum atomic E-state index is 13.5. The van der Waals surface area contributed by atoms with E-state index in [0.717, 1.165) is 34.1 Å². The van der Waals surface area contributed by atoms with Crippen LogP contribution >= 0.6 is 23.1 Å².